The number of carboxylic acids is 1. The predicted octanol–water partition coefficient (Wildman–Crippen LogP) is 2.98. The standard InChI is InChI=1S/C29H45NO7/c1-17(2)23-10-20-11-27(15-31)22-7-6-18(3)21(22)12-28(20,29(23,27)26(33)34)16-36-25-24(32)14-30(8-9-35-5)13-19(4)37-25/h10,15,17-22,24-25,32H,6-9,11-14,16H2,1-5H3,(H,33,34)/t18-,19-,20+,21-,22-,24+,25-,27+,28+,29+/m1/s1. The molecule has 0 aromatic rings. The van der Waals surface area contributed by atoms with Crippen LogP contribution < -0.4 is 0 Å². The molecule has 5 aliphatic rings. The van der Waals surface area contributed by atoms with Gasteiger partial charge in [-0.25, -0.2) is 0 Å². The SMILES string of the molecule is COCCN1C[C@@H](C)O[C@@H](OC[C@@]23C[C@@H]4[C@H](C)CC[C@H]4[C@@]4(C=O)C[C@@H]2C=C(C(C)C)[C@@]34C(=O)O)[C@@H](O)C1. The van der Waals surface area contributed by atoms with Gasteiger partial charge < -0.3 is 29.2 Å². The van der Waals surface area contributed by atoms with E-state index in [0.717, 1.165) is 31.1 Å². The Bertz CT molecular complexity index is 937. The van der Waals surface area contributed by atoms with Gasteiger partial charge in [-0.05, 0) is 55.8 Å². The van der Waals surface area contributed by atoms with E-state index in [1.54, 1.807) is 7.11 Å². The van der Waals surface area contributed by atoms with E-state index in [1.165, 1.54) is 0 Å². The Balaban J connectivity index is 1.50. The zero-order chi connectivity index (χ0) is 26.8. The van der Waals surface area contributed by atoms with Crippen LogP contribution in [0.25, 0.3) is 0 Å². The van der Waals surface area contributed by atoms with Crippen LogP contribution in [0.5, 0.6) is 0 Å². The smallest absolute Gasteiger partial charge is 0.315 e. The van der Waals surface area contributed by atoms with Gasteiger partial charge in [-0.3, -0.25) is 9.69 Å². The number of carbonyl (C=O) groups is 2. The summed E-state index contributed by atoms with van der Waals surface area (Å²) in [6.07, 6.45) is 4.58. The van der Waals surface area contributed by atoms with Gasteiger partial charge in [-0.2, -0.15) is 0 Å². The monoisotopic (exact) mass is 519 g/mol. The third kappa shape index (κ3) is 3.65. The number of nitrogens with zero attached hydrogens (tertiary/aromatic N) is 1. The lowest BCUT2D eigenvalue weighted by Crippen LogP contribution is -2.63. The fraction of sp³-hybridized carbons (Fsp3) is 0.862. The number of aldehydes is 1. The first-order valence-electron chi connectivity index (χ1n) is 14.2. The Morgan fingerprint density at radius 3 is 2.68 bits per heavy atom. The molecule has 0 radical (unpaired) electrons. The van der Waals surface area contributed by atoms with Crippen LogP contribution in [0.4, 0.5) is 0 Å². The number of ether oxygens (including phenoxy) is 3. The second kappa shape index (κ2) is 9.70. The van der Waals surface area contributed by atoms with Crippen molar-refractivity contribution in [3.8, 4) is 0 Å². The molecule has 8 heteroatoms. The summed E-state index contributed by atoms with van der Waals surface area (Å²) in [5.74, 6) is -0.0704. The lowest BCUT2D eigenvalue weighted by Gasteiger charge is -2.58. The molecule has 1 saturated heterocycles. The van der Waals surface area contributed by atoms with Crippen molar-refractivity contribution in [1.82, 2.24) is 4.90 Å². The molecule has 5 rings (SSSR count). The average Bonchev–Trinajstić information content (AvgIpc) is 3.37. The van der Waals surface area contributed by atoms with Crippen molar-refractivity contribution in [1.29, 1.82) is 0 Å². The van der Waals surface area contributed by atoms with Gasteiger partial charge >= 0.3 is 5.97 Å². The van der Waals surface area contributed by atoms with E-state index in [9.17, 15) is 19.8 Å². The quantitative estimate of drug-likeness (QED) is 0.354. The van der Waals surface area contributed by atoms with Crippen molar-refractivity contribution in [2.24, 2.45) is 45.8 Å². The molecule has 0 amide bonds. The summed E-state index contributed by atoms with van der Waals surface area (Å²) in [4.78, 5) is 28.8. The molecule has 1 aliphatic heterocycles. The zero-order valence-corrected chi connectivity index (χ0v) is 23.0. The molecule has 10 atom stereocenters. The summed E-state index contributed by atoms with van der Waals surface area (Å²) < 4.78 is 17.8. The van der Waals surface area contributed by atoms with Crippen molar-refractivity contribution in [3.63, 3.8) is 0 Å². The van der Waals surface area contributed by atoms with E-state index in [1.807, 2.05) is 20.8 Å². The fourth-order valence-corrected chi connectivity index (χ4v) is 9.57. The van der Waals surface area contributed by atoms with Crippen LogP contribution >= 0.6 is 0 Å². The number of β-amino-alcohol motifs (C(OH)–C–C–N with tert-alkyl or cyclic N) is 1. The number of aliphatic hydroxyl groups excluding tert-OH is 1. The van der Waals surface area contributed by atoms with Crippen LogP contribution in [-0.4, -0.2) is 85.8 Å². The maximum atomic E-state index is 13.6. The normalized spacial score (nSPS) is 47.1. The Morgan fingerprint density at radius 2 is 2.03 bits per heavy atom. The molecule has 37 heavy (non-hydrogen) atoms. The number of hydrogen-bond donors (Lipinski definition) is 2. The Kier molecular flexibility index (Phi) is 7.15. The van der Waals surface area contributed by atoms with Crippen LogP contribution in [0.15, 0.2) is 11.6 Å². The van der Waals surface area contributed by atoms with Crippen molar-refractivity contribution < 1.29 is 34.0 Å². The number of allylic oxidation sites excluding steroid dienone is 1. The minimum atomic E-state index is -1.28. The molecule has 4 bridgehead atoms. The second-order valence-electron chi connectivity index (χ2n) is 12.9. The largest absolute Gasteiger partial charge is 0.481 e. The maximum Gasteiger partial charge on any atom is 0.315 e. The lowest BCUT2D eigenvalue weighted by atomic mass is 9.43. The summed E-state index contributed by atoms with van der Waals surface area (Å²) >= 11 is 0. The molecule has 1 heterocycles. The summed E-state index contributed by atoms with van der Waals surface area (Å²) in [6.45, 7) is 10.8. The van der Waals surface area contributed by atoms with Crippen LogP contribution in [-0.2, 0) is 23.8 Å². The number of fused-ring (bicyclic) bond motifs is 2. The van der Waals surface area contributed by atoms with Crippen molar-refractivity contribution in [2.45, 2.75) is 71.9 Å². The van der Waals surface area contributed by atoms with E-state index < -0.39 is 34.6 Å². The summed E-state index contributed by atoms with van der Waals surface area (Å²) in [7, 11) is 1.66. The first-order chi connectivity index (χ1) is 17.6. The maximum absolute atomic E-state index is 13.6. The number of aliphatic carboxylic acids is 1. The number of aliphatic hydroxyl groups is 1. The first kappa shape index (κ1) is 27.3. The van der Waals surface area contributed by atoms with Crippen LogP contribution in [0, 0.1) is 45.8 Å². The highest BCUT2D eigenvalue weighted by atomic mass is 16.7. The summed E-state index contributed by atoms with van der Waals surface area (Å²) in [5.41, 5.74) is -2.03. The number of methoxy groups -OCH3 is 1. The van der Waals surface area contributed by atoms with Gasteiger partial charge in [0.25, 0.3) is 0 Å². The molecule has 0 aromatic carbocycles. The van der Waals surface area contributed by atoms with Crippen molar-refractivity contribution in [2.75, 3.05) is 40.0 Å². The van der Waals surface area contributed by atoms with E-state index >= 15 is 0 Å². The van der Waals surface area contributed by atoms with Crippen molar-refractivity contribution in [3.05, 3.63) is 11.6 Å². The Labute approximate surface area is 220 Å². The van der Waals surface area contributed by atoms with Crippen LogP contribution in [0.1, 0.15) is 53.4 Å². The molecule has 3 saturated carbocycles. The van der Waals surface area contributed by atoms with Gasteiger partial charge in [0.2, 0.25) is 0 Å². The highest BCUT2D eigenvalue weighted by molar-refractivity contribution is 5.90. The highest BCUT2D eigenvalue weighted by Crippen LogP contribution is 2.82. The minimum absolute atomic E-state index is 0.0181. The molecule has 0 aromatic heterocycles. The van der Waals surface area contributed by atoms with Crippen LogP contribution in [0.3, 0.4) is 0 Å². The van der Waals surface area contributed by atoms with Crippen LogP contribution in [0.2, 0.25) is 0 Å². The molecule has 2 N–H and O–H groups in total. The van der Waals surface area contributed by atoms with E-state index in [-0.39, 0.29) is 30.5 Å². The topological polar surface area (TPSA) is 106 Å². The van der Waals surface area contributed by atoms with Gasteiger partial charge in [-0.1, -0.05) is 38.8 Å². The number of rotatable bonds is 9. The summed E-state index contributed by atoms with van der Waals surface area (Å²) in [6, 6.07) is 0. The van der Waals surface area contributed by atoms with E-state index in [4.69, 9.17) is 14.2 Å². The Morgan fingerprint density at radius 1 is 1.27 bits per heavy atom. The van der Waals surface area contributed by atoms with Crippen molar-refractivity contribution >= 4 is 12.3 Å². The highest BCUT2D eigenvalue weighted by Gasteiger charge is 2.84. The number of carbonyl (C=O) groups excluding carboxylic acids is 1. The van der Waals surface area contributed by atoms with Gasteiger partial charge in [0, 0.05) is 32.2 Å². The number of carboxylic acid groups (broad SMARTS) is 1. The van der Waals surface area contributed by atoms with E-state index in [0.29, 0.717) is 44.5 Å². The predicted molar refractivity (Wildman–Crippen MR) is 137 cm³/mol. The fourth-order valence-electron chi connectivity index (χ4n) is 9.57. The van der Waals surface area contributed by atoms with Gasteiger partial charge in [0.05, 0.1) is 24.7 Å². The number of hydrogen-bond acceptors (Lipinski definition) is 7. The van der Waals surface area contributed by atoms with Gasteiger partial charge in [0.15, 0.2) is 6.29 Å². The minimum Gasteiger partial charge on any atom is -0.481 e. The molecule has 4 fully saturated rings. The van der Waals surface area contributed by atoms with Gasteiger partial charge in [-0.15, -0.1) is 0 Å². The first-order valence-corrected chi connectivity index (χ1v) is 14.2. The Hall–Kier alpha value is -1.32. The molecule has 0 unspecified atom stereocenters. The molecule has 208 valence electrons. The summed E-state index contributed by atoms with van der Waals surface area (Å²) in [5, 5.41) is 22.2. The second-order valence-corrected chi connectivity index (χ2v) is 12.9. The molecule has 0 spiro atoms. The zero-order valence-electron chi connectivity index (χ0n) is 23.0. The third-order valence-electron chi connectivity index (χ3n) is 10.9. The molecule has 4 aliphatic carbocycles. The third-order valence-corrected chi connectivity index (χ3v) is 10.9. The molecule has 8 nitrogen and oxygen atoms in total. The van der Waals surface area contributed by atoms with Gasteiger partial charge in [0.1, 0.15) is 17.8 Å². The molecular weight excluding hydrogens is 474 g/mol. The molecular formula is C29H45NO7. The van der Waals surface area contributed by atoms with E-state index in [2.05, 4.69) is 17.9 Å². The average molecular weight is 520 g/mol. The lowest BCUT2D eigenvalue weighted by molar-refractivity contribution is -0.235.